The minimum absolute atomic E-state index is 0.575. The maximum absolute atomic E-state index is 12.6. The highest BCUT2D eigenvalue weighted by atomic mass is 79.9. The molecule has 0 aromatic heterocycles. The number of quaternary nitrogens is 1. The molecule has 17 heavy (non-hydrogen) atoms. The van der Waals surface area contributed by atoms with Crippen LogP contribution < -0.4 is 0 Å². The number of nitrogens with zero attached hydrogens (tertiary/aromatic N) is 1. The fourth-order valence-corrected chi connectivity index (χ4v) is 5.69. The lowest BCUT2D eigenvalue weighted by molar-refractivity contribution is -0.854. The summed E-state index contributed by atoms with van der Waals surface area (Å²) >= 11 is 7.72. The summed E-state index contributed by atoms with van der Waals surface area (Å²) in [5.41, 5.74) is 0. The molecule has 96 valence electrons. The number of thioether (sulfide) groups is 1. The highest BCUT2D eigenvalue weighted by molar-refractivity contribution is 9.26. The predicted molar refractivity (Wildman–Crippen MR) is 70.5 cm³/mol. The van der Waals surface area contributed by atoms with Crippen molar-refractivity contribution in [2.75, 3.05) is 7.11 Å². The Bertz CT molecular complexity index is 414. The number of halogens is 2. The summed E-state index contributed by atoms with van der Waals surface area (Å²) < 4.78 is 1.83. The number of ether oxygens (including phenoxy) is 1. The van der Waals surface area contributed by atoms with Crippen molar-refractivity contribution in [2.45, 2.75) is 33.2 Å². The topological polar surface area (TPSA) is 66.4 Å². The van der Waals surface area contributed by atoms with Crippen molar-refractivity contribution in [3.63, 3.8) is 0 Å². The highest BCUT2D eigenvalue weighted by Crippen LogP contribution is 2.64. The van der Waals surface area contributed by atoms with E-state index < -0.39 is 35.9 Å². The van der Waals surface area contributed by atoms with Crippen molar-refractivity contribution in [1.29, 1.82) is 0 Å². The minimum Gasteiger partial charge on any atom is -0.624 e. The van der Waals surface area contributed by atoms with E-state index in [-0.39, 0.29) is 0 Å². The average Bonchev–Trinajstić information content (AvgIpc) is 2.44. The number of esters is 1. The molecule has 2 aliphatic rings. The van der Waals surface area contributed by atoms with Crippen LogP contribution in [0, 0.1) is 5.21 Å². The first-order chi connectivity index (χ1) is 7.60. The SMILES string of the molecule is COC(=O)[C@H]1C(C)(C)S[C@@H]2C(Br)(Br)C(=O)[N+]21[O-]. The summed E-state index contributed by atoms with van der Waals surface area (Å²) in [6.45, 7) is 3.55. The van der Waals surface area contributed by atoms with Crippen molar-refractivity contribution in [3.8, 4) is 0 Å². The summed E-state index contributed by atoms with van der Waals surface area (Å²) in [6.07, 6.45) is 0. The summed E-state index contributed by atoms with van der Waals surface area (Å²) in [4.78, 5) is 23.7. The number of β-lactam (4-membered cyclic amide) rings is 1. The fraction of sp³-hybridized carbons (Fsp3) is 0.778. The second kappa shape index (κ2) is 3.69. The molecule has 3 atom stereocenters. The summed E-state index contributed by atoms with van der Waals surface area (Å²) in [6, 6.07) is -1.02. The van der Waals surface area contributed by atoms with Crippen LogP contribution in [0.5, 0.6) is 0 Å². The number of fused-ring (bicyclic) bond motifs is 1. The van der Waals surface area contributed by atoms with Gasteiger partial charge in [0.1, 0.15) is 0 Å². The maximum Gasteiger partial charge on any atom is 0.367 e. The van der Waals surface area contributed by atoms with E-state index in [0.29, 0.717) is 0 Å². The number of hydroxylamine groups is 3. The third-order valence-corrected chi connectivity index (χ3v) is 7.02. The summed E-state index contributed by atoms with van der Waals surface area (Å²) in [5.74, 6) is -1.22. The Morgan fingerprint density at radius 3 is 2.53 bits per heavy atom. The van der Waals surface area contributed by atoms with Crippen molar-refractivity contribution in [1.82, 2.24) is 0 Å². The summed E-state index contributed by atoms with van der Waals surface area (Å²) in [5, 5.41) is 12.0. The molecule has 5 nitrogen and oxygen atoms in total. The van der Waals surface area contributed by atoms with Gasteiger partial charge in [-0.15, -0.1) is 0 Å². The van der Waals surface area contributed by atoms with Gasteiger partial charge in [0.05, 0.1) is 11.9 Å². The molecule has 0 saturated carbocycles. The van der Waals surface area contributed by atoms with Crippen molar-refractivity contribution >= 4 is 55.5 Å². The second-order valence-corrected chi connectivity index (χ2v) is 9.94. The van der Waals surface area contributed by atoms with Gasteiger partial charge in [0.25, 0.3) is 3.23 Å². The van der Waals surface area contributed by atoms with Crippen LogP contribution in [-0.2, 0) is 14.3 Å². The van der Waals surface area contributed by atoms with Gasteiger partial charge in [-0.05, 0) is 45.7 Å². The zero-order valence-corrected chi connectivity index (χ0v) is 13.4. The van der Waals surface area contributed by atoms with Crippen molar-refractivity contribution in [3.05, 3.63) is 5.21 Å². The molecular formula is C9H11Br2NO4S. The molecule has 8 heteroatoms. The van der Waals surface area contributed by atoms with Crippen LogP contribution in [0.25, 0.3) is 0 Å². The van der Waals surface area contributed by atoms with Gasteiger partial charge in [0, 0.05) is 0 Å². The number of alkyl halides is 2. The van der Waals surface area contributed by atoms with Gasteiger partial charge in [0.15, 0.2) is 5.37 Å². The lowest BCUT2D eigenvalue weighted by atomic mass is 9.97. The summed E-state index contributed by atoms with van der Waals surface area (Å²) in [7, 11) is 1.22. The van der Waals surface area contributed by atoms with Gasteiger partial charge < -0.3 is 9.94 Å². The van der Waals surface area contributed by atoms with Crippen LogP contribution in [0.15, 0.2) is 0 Å². The van der Waals surface area contributed by atoms with Crippen LogP contribution in [0.3, 0.4) is 0 Å². The van der Waals surface area contributed by atoms with E-state index in [4.69, 9.17) is 0 Å². The maximum atomic E-state index is 12.6. The molecule has 2 heterocycles. The first kappa shape index (κ1) is 13.8. The Balaban J connectivity index is 2.47. The number of carbonyl (C=O) groups excluding carboxylic acids is 2. The molecule has 1 amide bonds. The number of carbonyl (C=O) groups is 2. The largest absolute Gasteiger partial charge is 0.624 e. The number of rotatable bonds is 1. The van der Waals surface area contributed by atoms with Gasteiger partial charge in [-0.3, -0.25) is 4.65 Å². The molecular weight excluding hydrogens is 378 g/mol. The lowest BCUT2D eigenvalue weighted by Crippen LogP contribution is -2.78. The Hall–Kier alpha value is 0.370. The Morgan fingerprint density at radius 1 is 1.53 bits per heavy atom. The van der Waals surface area contributed by atoms with Crippen LogP contribution >= 0.6 is 43.6 Å². The molecule has 0 spiro atoms. The van der Waals surface area contributed by atoms with Crippen LogP contribution in [0.4, 0.5) is 0 Å². The normalized spacial score (nSPS) is 41.6. The minimum atomic E-state index is -1.15. The second-order valence-electron chi connectivity index (χ2n) is 4.64. The molecule has 0 radical (unpaired) electrons. The Labute approximate surface area is 120 Å². The number of hydrogen-bond acceptors (Lipinski definition) is 5. The molecule has 0 N–H and O–H groups in total. The fourth-order valence-electron chi connectivity index (χ4n) is 2.39. The zero-order chi connectivity index (χ0) is 13.2. The molecule has 0 bridgehead atoms. The lowest BCUT2D eigenvalue weighted by Gasteiger charge is -2.56. The van der Waals surface area contributed by atoms with Gasteiger partial charge in [0.2, 0.25) is 6.04 Å². The van der Waals surface area contributed by atoms with Gasteiger partial charge >= 0.3 is 11.9 Å². The molecule has 2 rings (SSSR count). The predicted octanol–water partition coefficient (Wildman–Crippen LogP) is 1.72. The standard InChI is InChI=1S/C9H11Br2NO4S/c1-8(2)4(5(13)16-3)12(15)6(14)9(10,11)7(12)17-8/h4,7H,1-3H3/t4-,7+,12?/m0/s1. The third kappa shape index (κ3) is 1.51. The van der Waals surface area contributed by atoms with Crippen LogP contribution in [-0.4, -0.2) is 43.0 Å². The van der Waals surface area contributed by atoms with Crippen molar-refractivity contribution in [2.24, 2.45) is 0 Å². The third-order valence-electron chi connectivity index (χ3n) is 3.14. The molecule has 1 unspecified atom stereocenters. The van der Waals surface area contributed by atoms with E-state index in [0.717, 1.165) is 0 Å². The molecule has 0 aromatic rings. The van der Waals surface area contributed by atoms with E-state index >= 15 is 0 Å². The smallest absolute Gasteiger partial charge is 0.367 e. The molecule has 2 saturated heterocycles. The average molecular weight is 389 g/mol. The van der Waals surface area contributed by atoms with E-state index in [9.17, 15) is 14.8 Å². The first-order valence-electron chi connectivity index (χ1n) is 4.88. The Morgan fingerprint density at radius 2 is 2.06 bits per heavy atom. The van der Waals surface area contributed by atoms with E-state index in [2.05, 4.69) is 36.6 Å². The monoisotopic (exact) mass is 387 g/mol. The molecule has 0 aliphatic carbocycles. The number of hydrogen-bond donors (Lipinski definition) is 0. The zero-order valence-electron chi connectivity index (χ0n) is 9.40. The number of amides is 1. The van der Waals surface area contributed by atoms with Crippen LogP contribution in [0.1, 0.15) is 13.8 Å². The van der Waals surface area contributed by atoms with Gasteiger partial charge in [-0.25, -0.2) is 9.59 Å². The van der Waals surface area contributed by atoms with E-state index in [1.54, 1.807) is 13.8 Å². The van der Waals surface area contributed by atoms with Gasteiger partial charge in [-0.1, -0.05) is 11.8 Å². The molecule has 2 fully saturated rings. The van der Waals surface area contributed by atoms with Gasteiger partial charge in [-0.2, -0.15) is 0 Å². The quantitative estimate of drug-likeness (QED) is 0.225. The highest BCUT2D eigenvalue weighted by Gasteiger charge is 2.80. The Kier molecular flexibility index (Phi) is 2.99. The molecule has 0 aromatic carbocycles. The first-order valence-corrected chi connectivity index (χ1v) is 7.34. The van der Waals surface area contributed by atoms with Crippen LogP contribution in [0.2, 0.25) is 0 Å². The number of methoxy groups -OCH3 is 1. The molecule has 2 aliphatic heterocycles. The van der Waals surface area contributed by atoms with Crippen molar-refractivity contribution < 1.29 is 19.0 Å². The van der Waals surface area contributed by atoms with E-state index in [1.807, 2.05) is 0 Å². The van der Waals surface area contributed by atoms with E-state index in [1.165, 1.54) is 18.9 Å².